The molecule has 0 aliphatic heterocycles. The van der Waals surface area contributed by atoms with Crippen LogP contribution < -0.4 is 5.32 Å². The number of ether oxygens (including phenoxy) is 2. The van der Waals surface area contributed by atoms with E-state index in [1.807, 2.05) is 0 Å². The third-order valence-electron chi connectivity index (χ3n) is 2.24. The number of halogens is 1. The van der Waals surface area contributed by atoms with Crippen LogP contribution in [0.5, 0.6) is 0 Å². The highest BCUT2D eigenvalue weighted by Crippen LogP contribution is 2.06. The van der Waals surface area contributed by atoms with Crippen molar-refractivity contribution in [1.29, 1.82) is 0 Å². The van der Waals surface area contributed by atoms with E-state index >= 15 is 0 Å². The molecule has 0 aliphatic carbocycles. The third kappa shape index (κ3) is 7.91. The Labute approximate surface area is 103 Å². The van der Waals surface area contributed by atoms with Crippen LogP contribution in [0.4, 0.5) is 0 Å². The van der Waals surface area contributed by atoms with Crippen LogP contribution in [0.25, 0.3) is 0 Å². The van der Waals surface area contributed by atoms with Gasteiger partial charge in [0.05, 0.1) is 13.2 Å². The van der Waals surface area contributed by atoms with E-state index in [0.29, 0.717) is 25.0 Å². The van der Waals surface area contributed by atoms with Crippen LogP contribution >= 0.6 is 11.6 Å². The van der Waals surface area contributed by atoms with Crippen LogP contribution in [0.2, 0.25) is 0 Å². The zero-order valence-electron chi connectivity index (χ0n) is 10.3. The SMILES string of the molecule is COCCOCC(=O)NC(CCCl)C(C)C. The van der Waals surface area contributed by atoms with Gasteiger partial charge in [-0.2, -0.15) is 0 Å². The van der Waals surface area contributed by atoms with E-state index in [4.69, 9.17) is 21.1 Å². The number of alkyl halides is 1. The van der Waals surface area contributed by atoms with Gasteiger partial charge in [-0.05, 0) is 12.3 Å². The summed E-state index contributed by atoms with van der Waals surface area (Å²) in [5.41, 5.74) is 0. The number of hydrogen-bond acceptors (Lipinski definition) is 3. The molecule has 1 atom stereocenters. The van der Waals surface area contributed by atoms with Gasteiger partial charge in [0, 0.05) is 19.0 Å². The fourth-order valence-electron chi connectivity index (χ4n) is 1.25. The monoisotopic (exact) mass is 251 g/mol. The van der Waals surface area contributed by atoms with Crippen LogP contribution in [0.1, 0.15) is 20.3 Å². The van der Waals surface area contributed by atoms with Crippen molar-refractivity contribution < 1.29 is 14.3 Å². The van der Waals surface area contributed by atoms with Gasteiger partial charge in [0.1, 0.15) is 6.61 Å². The molecule has 0 saturated heterocycles. The van der Waals surface area contributed by atoms with Gasteiger partial charge in [-0.15, -0.1) is 11.6 Å². The summed E-state index contributed by atoms with van der Waals surface area (Å²) in [6.07, 6.45) is 0.781. The second-order valence-corrected chi connectivity index (χ2v) is 4.32. The Bertz CT molecular complexity index is 188. The molecule has 1 amide bonds. The Balaban J connectivity index is 3.73. The summed E-state index contributed by atoms with van der Waals surface area (Å²) in [6.45, 7) is 5.13. The molecular weight excluding hydrogens is 230 g/mol. The lowest BCUT2D eigenvalue weighted by molar-refractivity contribution is -0.127. The van der Waals surface area contributed by atoms with Gasteiger partial charge in [-0.25, -0.2) is 0 Å². The number of amides is 1. The van der Waals surface area contributed by atoms with E-state index in [1.54, 1.807) is 7.11 Å². The van der Waals surface area contributed by atoms with Crippen molar-refractivity contribution in [3.05, 3.63) is 0 Å². The average molecular weight is 252 g/mol. The molecule has 5 heteroatoms. The number of hydrogen-bond donors (Lipinski definition) is 1. The smallest absolute Gasteiger partial charge is 0.246 e. The fraction of sp³-hybridized carbons (Fsp3) is 0.909. The highest BCUT2D eigenvalue weighted by atomic mass is 35.5. The van der Waals surface area contributed by atoms with E-state index in [-0.39, 0.29) is 18.6 Å². The van der Waals surface area contributed by atoms with E-state index in [0.717, 1.165) is 6.42 Å². The summed E-state index contributed by atoms with van der Waals surface area (Å²) in [4.78, 5) is 11.5. The predicted molar refractivity (Wildman–Crippen MR) is 64.8 cm³/mol. The average Bonchev–Trinajstić information content (AvgIpc) is 2.23. The number of carbonyl (C=O) groups excluding carboxylic acids is 1. The van der Waals surface area contributed by atoms with Crippen molar-refractivity contribution in [2.24, 2.45) is 5.92 Å². The van der Waals surface area contributed by atoms with Gasteiger partial charge in [0.2, 0.25) is 5.91 Å². The summed E-state index contributed by atoms with van der Waals surface area (Å²) < 4.78 is 9.93. The summed E-state index contributed by atoms with van der Waals surface area (Å²) in [6, 6.07) is 0.121. The van der Waals surface area contributed by atoms with Gasteiger partial charge in [-0.3, -0.25) is 4.79 Å². The van der Waals surface area contributed by atoms with Crippen molar-refractivity contribution in [2.45, 2.75) is 26.3 Å². The van der Waals surface area contributed by atoms with Gasteiger partial charge >= 0.3 is 0 Å². The lowest BCUT2D eigenvalue weighted by Crippen LogP contribution is -2.40. The summed E-state index contributed by atoms with van der Waals surface area (Å²) in [7, 11) is 1.60. The summed E-state index contributed by atoms with van der Waals surface area (Å²) in [5, 5.41) is 2.91. The number of rotatable bonds is 9. The number of carbonyl (C=O) groups is 1. The number of nitrogens with one attached hydrogen (secondary N) is 1. The van der Waals surface area contributed by atoms with Gasteiger partial charge in [0.25, 0.3) is 0 Å². The molecular formula is C11H22ClNO3. The minimum absolute atomic E-state index is 0.0782. The first-order valence-electron chi connectivity index (χ1n) is 5.53. The molecule has 0 rings (SSSR count). The molecule has 1 N–H and O–H groups in total. The molecule has 0 fully saturated rings. The normalized spacial score (nSPS) is 12.8. The molecule has 0 aromatic heterocycles. The molecule has 0 spiro atoms. The standard InChI is InChI=1S/C11H22ClNO3/c1-9(2)10(4-5-12)13-11(14)8-16-7-6-15-3/h9-10H,4-8H2,1-3H3,(H,13,14). The predicted octanol–water partition coefficient (Wildman–Crippen LogP) is 1.42. The highest BCUT2D eigenvalue weighted by molar-refractivity contribution is 6.17. The Morgan fingerprint density at radius 3 is 2.56 bits per heavy atom. The molecule has 1 unspecified atom stereocenters. The highest BCUT2D eigenvalue weighted by Gasteiger charge is 2.15. The molecule has 4 nitrogen and oxygen atoms in total. The topological polar surface area (TPSA) is 47.6 Å². The lowest BCUT2D eigenvalue weighted by atomic mass is 10.0. The van der Waals surface area contributed by atoms with Crippen LogP contribution in [0.15, 0.2) is 0 Å². The van der Waals surface area contributed by atoms with Crippen molar-refractivity contribution in [3.63, 3.8) is 0 Å². The summed E-state index contributed by atoms with van der Waals surface area (Å²) >= 11 is 5.67. The molecule has 0 radical (unpaired) electrons. The fourth-order valence-corrected chi connectivity index (χ4v) is 1.48. The Morgan fingerprint density at radius 2 is 2.06 bits per heavy atom. The molecule has 16 heavy (non-hydrogen) atoms. The molecule has 0 bridgehead atoms. The van der Waals surface area contributed by atoms with Crippen molar-refractivity contribution in [3.8, 4) is 0 Å². The maximum Gasteiger partial charge on any atom is 0.246 e. The van der Waals surface area contributed by atoms with Gasteiger partial charge in [-0.1, -0.05) is 13.8 Å². The zero-order chi connectivity index (χ0) is 12.4. The van der Waals surface area contributed by atoms with Gasteiger partial charge in [0.15, 0.2) is 0 Å². The van der Waals surface area contributed by atoms with Crippen LogP contribution in [0, 0.1) is 5.92 Å². The quantitative estimate of drug-likeness (QED) is 0.498. The van der Waals surface area contributed by atoms with Crippen LogP contribution in [0.3, 0.4) is 0 Å². The van der Waals surface area contributed by atoms with Crippen molar-refractivity contribution in [2.75, 3.05) is 32.8 Å². The second kappa shape index (κ2) is 9.87. The number of methoxy groups -OCH3 is 1. The molecule has 0 aliphatic rings. The second-order valence-electron chi connectivity index (χ2n) is 3.94. The molecule has 0 saturated carbocycles. The van der Waals surface area contributed by atoms with E-state index in [1.165, 1.54) is 0 Å². The van der Waals surface area contributed by atoms with Gasteiger partial charge < -0.3 is 14.8 Å². The lowest BCUT2D eigenvalue weighted by Gasteiger charge is -2.21. The maximum absolute atomic E-state index is 11.5. The van der Waals surface area contributed by atoms with E-state index < -0.39 is 0 Å². The maximum atomic E-state index is 11.5. The van der Waals surface area contributed by atoms with Crippen molar-refractivity contribution >= 4 is 17.5 Å². The third-order valence-corrected chi connectivity index (χ3v) is 2.45. The Hall–Kier alpha value is -0.320. The van der Waals surface area contributed by atoms with E-state index in [2.05, 4.69) is 19.2 Å². The first-order chi connectivity index (χ1) is 7.61. The van der Waals surface area contributed by atoms with Crippen LogP contribution in [-0.4, -0.2) is 44.8 Å². The zero-order valence-corrected chi connectivity index (χ0v) is 11.0. The Morgan fingerprint density at radius 1 is 1.38 bits per heavy atom. The molecule has 96 valence electrons. The largest absolute Gasteiger partial charge is 0.382 e. The van der Waals surface area contributed by atoms with E-state index in [9.17, 15) is 4.79 Å². The summed E-state index contributed by atoms with van der Waals surface area (Å²) in [5.74, 6) is 0.829. The van der Waals surface area contributed by atoms with Crippen molar-refractivity contribution in [1.82, 2.24) is 5.32 Å². The first-order valence-corrected chi connectivity index (χ1v) is 6.07. The first kappa shape index (κ1) is 15.7. The molecule has 0 heterocycles. The molecule has 0 aromatic carbocycles. The van der Waals surface area contributed by atoms with Crippen LogP contribution in [-0.2, 0) is 14.3 Å². The molecule has 0 aromatic rings. The Kier molecular flexibility index (Phi) is 9.68. The minimum Gasteiger partial charge on any atom is -0.382 e. The minimum atomic E-state index is -0.0973.